The quantitative estimate of drug-likeness (QED) is 0.528. The summed E-state index contributed by atoms with van der Waals surface area (Å²) >= 11 is 6.25. The number of hydrogen-bond acceptors (Lipinski definition) is 8. The van der Waals surface area contributed by atoms with E-state index in [9.17, 15) is 0 Å². The predicted molar refractivity (Wildman–Crippen MR) is 98.6 cm³/mol. The number of nitrogens with two attached hydrogens (primary N) is 1. The zero-order valence-corrected chi connectivity index (χ0v) is 14.3. The van der Waals surface area contributed by atoms with E-state index in [1.165, 1.54) is 6.33 Å². The van der Waals surface area contributed by atoms with Gasteiger partial charge in [0.25, 0.3) is 0 Å². The molecule has 0 aliphatic carbocycles. The van der Waals surface area contributed by atoms with Crippen molar-refractivity contribution in [2.75, 3.05) is 29.5 Å². The van der Waals surface area contributed by atoms with Crippen molar-refractivity contribution >= 4 is 40.2 Å². The molecule has 5 N–H and O–H groups in total. The van der Waals surface area contributed by atoms with E-state index in [-0.39, 0.29) is 18.6 Å². The molecule has 130 valence electrons. The van der Waals surface area contributed by atoms with Gasteiger partial charge in [-0.05, 0) is 19.1 Å². The maximum Gasteiger partial charge on any atom is 0.227 e. The molecule has 3 aromatic rings. The first kappa shape index (κ1) is 17.1. The van der Waals surface area contributed by atoms with Crippen LogP contribution in [0, 0.1) is 0 Å². The number of nitrogen functional groups attached to an aromatic ring is 1. The summed E-state index contributed by atoms with van der Waals surface area (Å²) in [5.74, 6) is 1.16. The molecule has 0 aliphatic heterocycles. The number of aliphatic hydroxyl groups is 1. The largest absolute Gasteiger partial charge is 0.395 e. The van der Waals surface area contributed by atoms with Crippen molar-refractivity contribution in [2.24, 2.45) is 0 Å². The van der Waals surface area contributed by atoms with E-state index in [4.69, 9.17) is 22.4 Å². The lowest BCUT2D eigenvalue weighted by atomic mass is 10.1. The van der Waals surface area contributed by atoms with Crippen LogP contribution >= 0.6 is 11.6 Å². The van der Waals surface area contributed by atoms with Crippen molar-refractivity contribution in [2.45, 2.75) is 13.0 Å². The highest BCUT2D eigenvalue weighted by Gasteiger charge is 2.16. The summed E-state index contributed by atoms with van der Waals surface area (Å²) in [6.45, 7) is 2.33. The number of aromatic nitrogens is 4. The molecule has 0 bridgehead atoms. The van der Waals surface area contributed by atoms with Crippen LogP contribution in [-0.4, -0.2) is 38.2 Å². The molecule has 2 heterocycles. The Hall–Kier alpha value is -2.71. The third-order valence-electron chi connectivity index (χ3n) is 3.63. The monoisotopic (exact) mass is 359 g/mol. The fourth-order valence-electron chi connectivity index (χ4n) is 2.47. The average Bonchev–Trinajstić information content (AvgIpc) is 2.59. The first-order valence-corrected chi connectivity index (χ1v) is 8.11. The van der Waals surface area contributed by atoms with Gasteiger partial charge in [-0.2, -0.15) is 4.98 Å². The summed E-state index contributed by atoms with van der Waals surface area (Å²) in [4.78, 5) is 16.5. The lowest BCUT2D eigenvalue weighted by molar-refractivity contribution is 0.311. The van der Waals surface area contributed by atoms with E-state index in [1.807, 2.05) is 25.1 Å². The maximum absolute atomic E-state index is 9.12. The van der Waals surface area contributed by atoms with E-state index in [0.717, 1.165) is 10.9 Å². The van der Waals surface area contributed by atoms with Crippen LogP contribution in [0.4, 0.5) is 17.7 Å². The molecule has 3 rings (SSSR count). The number of pyridine rings is 1. The molecule has 0 unspecified atom stereocenters. The number of fused-ring (bicyclic) bond motifs is 1. The Balaban J connectivity index is 1.99. The number of rotatable bonds is 6. The number of anilines is 3. The van der Waals surface area contributed by atoms with Gasteiger partial charge in [0.1, 0.15) is 12.1 Å². The van der Waals surface area contributed by atoms with Crippen LogP contribution in [0.2, 0.25) is 5.02 Å². The fourth-order valence-corrected chi connectivity index (χ4v) is 2.70. The molecule has 0 amide bonds. The highest BCUT2D eigenvalue weighted by Crippen LogP contribution is 2.30. The molecule has 0 fully saturated rings. The number of nitrogens with zero attached hydrogens (tertiary/aromatic N) is 4. The minimum atomic E-state index is -0.168. The van der Waals surface area contributed by atoms with Gasteiger partial charge in [-0.15, -0.1) is 0 Å². The highest BCUT2D eigenvalue weighted by molar-refractivity contribution is 6.35. The Morgan fingerprint density at radius 1 is 1.28 bits per heavy atom. The molecule has 0 saturated carbocycles. The number of benzene rings is 1. The van der Waals surface area contributed by atoms with Gasteiger partial charge in [-0.1, -0.05) is 23.7 Å². The van der Waals surface area contributed by atoms with Gasteiger partial charge in [0.2, 0.25) is 11.9 Å². The molecule has 8 nitrogen and oxygen atoms in total. The number of halogens is 1. The van der Waals surface area contributed by atoms with Crippen molar-refractivity contribution in [3.63, 3.8) is 0 Å². The Kier molecular flexibility index (Phi) is 5.11. The fraction of sp³-hybridized carbons (Fsp3) is 0.250. The Morgan fingerprint density at radius 3 is 2.88 bits per heavy atom. The van der Waals surface area contributed by atoms with Crippen molar-refractivity contribution in [1.82, 2.24) is 19.9 Å². The van der Waals surface area contributed by atoms with Crippen molar-refractivity contribution < 1.29 is 5.11 Å². The van der Waals surface area contributed by atoms with Gasteiger partial charge in [-0.25, -0.2) is 15.0 Å². The first-order chi connectivity index (χ1) is 12.1. The summed E-state index contributed by atoms with van der Waals surface area (Å²) < 4.78 is 0. The van der Waals surface area contributed by atoms with E-state index in [1.54, 1.807) is 6.07 Å². The Bertz CT molecular complexity index is 889. The molecule has 1 atom stereocenters. The van der Waals surface area contributed by atoms with Gasteiger partial charge in [0, 0.05) is 17.5 Å². The molecular weight excluding hydrogens is 342 g/mol. The van der Waals surface area contributed by atoms with Gasteiger partial charge in [0.05, 0.1) is 23.2 Å². The molecule has 9 heteroatoms. The van der Waals surface area contributed by atoms with E-state index < -0.39 is 0 Å². The molecule has 0 radical (unpaired) electrons. The van der Waals surface area contributed by atoms with Crippen LogP contribution < -0.4 is 16.4 Å². The molecule has 1 aromatic carbocycles. The third kappa shape index (κ3) is 3.86. The van der Waals surface area contributed by atoms with Gasteiger partial charge >= 0.3 is 0 Å². The van der Waals surface area contributed by atoms with Crippen LogP contribution in [0.25, 0.3) is 10.9 Å². The summed E-state index contributed by atoms with van der Waals surface area (Å²) in [5, 5.41) is 16.9. The van der Waals surface area contributed by atoms with Crippen LogP contribution in [0.15, 0.2) is 30.6 Å². The molecule has 0 aliphatic rings. The Labute approximate surface area is 149 Å². The second-order valence-corrected chi connectivity index (χ2v) is 5.83. The van der Waals surface area contributed by atoms with E-state index in [0.29, 0.717) is 28.9 Å². The van der Waals surface area contributed by atoms with E-state index >= 15 is 0 Å². The normalized spacial score (nSPS) is 12.1. The van der Waals surface area contributed by atoms with Gasteiger partial charge in [0.15, 0.2) is 0 Å². The lowest BCUT2D eigenvalue weighted by Crippen LogP contribution is -2.15. The molecule has 25 heavy (non-hydrogen) atoms. The minimum absolute atomic E-state index is 0.00646. The third-order valence-corrected chi connectivity index (χ3v) is 3.94. The standard InChI is InChI=1S/C16H18ClN7O/c1-9(22-16-21-8-20-15(18)24-16)11-7-10-3-2-4-12(17)13(10)23-14(11)19-5-6-25/h2-4,7-9,25H,5-6H2,1H3,(H,19,23)(H3,18,20,21,22,24)/t9-/m0/s1. The summed E-state index contributed by atoms with van der Waals surface area (Å²) in [7, 11) is 0. The average molecular weight is 360 g/mol. The smallest absolute Gasteiger partial charge is 0.227 e. The number of hydrogen-bond donors (Lipinski definition) is 4. The second kappa shape index (κ2) is 7.45. The summed E-state index contributed by atoms with van der Waals surface area (Å²) in [5.41, 5.74) is 7.18. The van der Waals surface area contributed by atoms with Gasteiger partial charge in [-0.3, -0.25) is 0 Å². The van der Waals surface area contributed by atoms with Crippen LogP contribution in [0.3, 0.4) is 0 Å². The number of para-hydroxylation sites is 1. The van der Waals surface area contributed by atoms with Crippen molar-refractivity contribution in [3.8, 4) is 0 Å². The highest BCUT2D eigenvalue weighted by atomic mass is 35.5. The predicted octanol–water partition coefficient (Wildman–Crippen LogP) is 2.23. The van der Waals surface area contributed by atoms with Crippen LogP contribution in [0.5, 0.6) is 0 Å². The van der Waals surface area contributed by atoms with Crippen molar-refractivity contribution in [1.29, 1.82) is 0 Å². The number of aliphatic hydroxyl groups excluding tert-OH is 1. The zero-order chi connectivity index (χ0) is 17.8. The topological polar surface area (TPSA) is 122 Å². The van der Waals surface area contributed by atoms with Crippen LogP contribution in [-0.2, 0) is 0 Å². The van der Waals surface area contributed by atoms with Crippen LogP contribution in [0.1, 0.15) is 18.5 Å². The van der Waals surface area contributed by atoms with Crippen molar-refractivity contribution in [3.05, 3.63) is 41.2 Å². The molecular formula is C16H18ClN7O. The summed E-state index contributed by atoms with van der Waals surface area (Å²) in [6.07, 6.45) is 1.35. The summed E-state index contributed by atoms with van der Waals surface area (Å²) in [6, 6.07) is 7.44. The zero-order valence-electron chi connectivity index (χ0n) is 13.6. The number of nitrogens with one attached hydrogen (secondary N) is 2. The Morgan fingerprint density at radius 2 is 2.12 bits per heavy atom. The molecule has 0 spiro atoms. The first-order valence-electron chi connectivity index (χ1n) is 7.73. The SMILES string of the molecule is C[C@H](Nc1ncnc(N)n1)c1cc2cccc(Cl)c2nc1NCCO. The van der Waals surface area contributed by atoms with E-state index in [2.05, 4.69) is 30.6 Å². The molecule has 0 saturated heterocycles. The maximum atomic E-state index is 9.12. The molecule has 2 aromatic heterocycles. The minimum Gasteiger partial charge on any atom is -0.395 e. The lowest BCUT2D eigenvalue weighted by Gasteiger charge is -2.19. The second-order valence-electron chi connectivity index (χ2n) is 5.42. The van der Waals surface area contributed by atoms with Gasteiger partial charge < -0.3 is 21.5 Å².